The molecule has 0 aliphatic heterocycles. The fraction of sp³-hybridized carbons (Fsp3) is 0.727. The number of halogens is 1. The van der Waals surface area contributed by atoms with Crippen LogP contribution < -0.4 is 11.3 Å². The molecule has 1 rings (SSSR count). The fourth-order valence-corrected chi connectivity index (χ4v) is 1.97. The molecule has 0 amide bonds. The van der Waals surface area contributed by atoms with Crippen LogP contribution in [0.25, 0.3) is 0 Å². The first-order chi connectivity index (χ1) is 7.51. The van der Waals surface area contributed by atoms with E-state index in [1.54, 1.807) is 0 Å². The van der Waals surface area contributed by atoms with E-state index in [2.05, 4.69) is 31.3 Å². The molecule has 92 valence electrons. The highest BCUT2D eigenvalue weighted by Crippen LogP contribution is 2.22. The number of hydrogen-bond acceptors (Lipinski definition) is 3. The van der Waals surface area contributed by atoms with Crippen molar-refractivity contribution in [2.24, 2.45) is 11.8 Å². The van der Waals surface area contributed by atoms with Gasteiger partial charge in [-0.2, -0.15) is 5.10 Å². The molecule has 0 fully saturated rings. The summed E-state index contributed by atoms with van der Waals surface area (Å²) >= 11 is 6.25. The number of aryl methyl sites for hydroxylation is 2. The molecule has 1 heterocycles. The van der Waals surface area contributed by atoms with Gasteiger partial charge in [-0.3, -0.25) is 16.0 Å². The lowest BCUT2D eigenvalue weighted by molar-refractivity contribution is 0.394. The van der Waals surface area contributed by atoms with Crippen molar-refractivity contribution < 1.29 is 0 Å². The first kappa shape index (κ1) is 13.5. The van der Waals surface area contributed by atoms with Crippen molar-refractivity contribution in [1.82, 2.24) is 15.2 Å². The van der Waals surface area contributed by atoms with Gasteiger partial charge in [-0.05, 0) is 19.8 Å². The average molecular weight is 245 g/mol. The standard InChI is InChI=1S/C11H21ClN4/c1-5-16-10(11(12)8(4)15-16)6-9(14-13)7(2)3/h7,9,14H,5-6,13H2,1-4H3. The Morgan fingerprint density at radius 1 is 1.50 bits per heavy atom. The molecular weight excluding hydrogens is 224 g/mol. The minimum absolute atomic E-state index is 0.221. The van der Waals surface area contributed by atoms with Crippen LogP contribution in [0.3, 0.4) is 0 Å². The minimum atomic E-state index is 0.221. The predicted molar refractivity (Wildman–Crippen MR) is 67.3 cm³/mol. The minimum Gasteiger partial charge on any atom is -0.271 e. The highest BCUT2D eigenvalue weighted by Gasteiger charge is 2.19. The van der Waals surface area contributed by atoms with E-state index < -0.39 is 0 Å². The average Bonchev–Trinajstić information content (AvgIpc) is 2.51. The van der Waals surface area contributed by atoms with Gasteiger partial charge in [0.15, 0.2) is 0 Å². The van der Waals surface area contributed by atoms with E-state index >= 15 is 0 Å². The van der Waals surface area contributed by atoms with Crippen LogP contribution >= 0.6 is 11.6 Å². The number of hydrogen-bond donors (Lipinski definition) is 2. The summed E-state index contributed by atoms with van der Waals surface area (Å²) in [5.41, 5.74) is 4.79. The smallest absolute Gasteiger partial charge is 0.0847 e. The molecule has 16 heavy (non-hydrogen) atoms. The first-order valence-corrected chi connectivity index (χ1v) is 6.06. The van der Waals surface area contributed by atoms with Crippen LogP contribution in [-0.4, -0.2) is 15.8 Å². The van der Waals surface area contributed by atoms with E-state index in [0.29, 0.717) is 5.92 Å². The predicted octanol–water partition coefficient (Wildman–Crippen LogP) is 1.90. The van der Waals surface area contributed by atoms with Gasteiger partial charge in [0.2, 0.25) is 0 Å². The Morgan fingerprint density at radius 2 is 2.12 bits per heavy atom. The SMILES string of the molecule is CCn1nc(C)c(Cl)c1CC(NN)C(C)C. The molecule has 0 aliphatic rings. The second-order valence-corrected chi connectivity index (χ2v) is 4.76. The summed E-state index contributed by atoms with van der Waals surface area (Å²) in [5, 5.41) is 5.16. The molecular formula is C11H21ClN4. The van der Waals surface area contributed by atoms with Crippen molar-refractivity contribution in [3.05, 3.63) is 16.4 Å². The summed E-state index contributed by atoms with van der Waals surface area (Å²) in [6.45, 7) is 9.10. The molecule has 0 aliphatic carbocycles. The first-order valence-electron chi connectivity index (χ1n) is 5.69. The van der Waals surface area contributed by atoms with Crippen molar-refractivity contribution in [2.45, 2.75) is 46.7 Å². The lowest BCUT2D eigenvalue weighted by Gasteiger charge is -2.20. The number of aromatic nitrogens is 2. The zero-order valence-corrected chi connectivity index (χ0v) is 11.2. The van der Waals surface area contributed by atoms with Gasteiger partial charge in [0.05, 0.1) is 16.4 Å². The van der Waals surface area contributed by atoms with Gasteiger partial charge in [0.1, 0.15) is 0 Å². The van der Waals surface area contributed by atoms with E-state index in [1.807, 2.05) is 11.6 Å². The second kappa shape index (κ2) is 5.66. The van der Waals surface area contributed by atoms with Gasteiger partial charge >= 0.3 is 0 Å². The Balaban J connectivity index is 2.94. The van der Waals surface area contributed by atoms with Crippen LogP contribution in [0.2, 0.25) is 5.02 Å². The Kier molecular flexibility index (Phi) is 4.77. The Bertz CT molecular complexity index is 346. The largest absolute Gasteiger partial charge is 0.271 e. The summed E-state index contributed by atoms with van der Waals surface area (Å²) in [6, 6.07) is 0.221. The van der Waals surface area contributed by atoms with Gasteiger partial charge in [0.25, 0.3) is 0 Å². The number of nitrogens with two attached hydrogens (primary N) is 1. The molecule has 1 aromatic rings. The summed E-state index contributed by atoms with van der Waals surface area (Å²) in [4.78, 5) is 0. The van der Waals surface area contributed by atoms with Crippen LogP contribution in [0, 0.1) is 12.8 Å². The lowest BCUT2D eigenvalue weighted by atomic mass is 10.00. The van der Waals surface area contributed by atoms with Crippen LogP contribution in [0.4, 0.5) is 0 Å². The highest BCUT2D eigenvalue weighted by atomic mass is 35.5. The monoisotopic (exact) mass is 244 g/mol. The topological polar surface area (TPSA) is 55.9 Å². The van der Waals surface area contributed by atoms with Gasteiger partial charge in [-0.15, -0.1) is 0 Å². The van der Waals surface area contributed by atoms with Gasteiger partial charge < -0.3 is 0 Å². The van der Waals surface area contributed by atoms with E-state index in [-0.39, 0.29) is 6.04 Å². The molecule has 0 saturated carbocycles. The number of nitrogens with one attached hydrogen (secondary N) is 1. The molecule has 1 aromatic heterocycles. The molecule has 0 spiro atoms. The van der Waals surface area contributed by atoms with E-state index in [0.717, 1.165) is 29.4 Å². The molecule has 3 N–H and O–H groups in total. The third-order valence-corrected chi connectivity index (χ3v) is 3.38. The van der Waals surface area contributed by atoms with Crippen molar-refractivity contribution in [3.63, 3.8) is 0 Å². The Labute approximate surface area is 102 Å². The second-order valence-electron chi connectivity index (χ2n) is 4.38. The third kappa shape index (κ3) is 2.75. The summed E-state index contributed by atoms with van der Waals surface area (Å²) < 4.78 is 1.95. The van der Waals surface area contributed by atoms with E-state index in [9.17, 15) is 0 Å². The summed E-state index contributed by atoms with van der Waals surface area (Å²) in [5.74, 6) is 6.01. The fourth-order valence-electron chi connectivity index (χ4n) is 1.76. The Morgan fingerprint density at radius 3 is 2.56 bits per heavy atom. The summed E-state index contributed by atoms with van der Waals surface area (Å²) in [7, 11) is 0. The van der Waals surface area contributed by atoms with E-state index in [4.69, 9.17) is 17.4 Å². The van der Waals surface area contributed by atoms with Crippen molar-refractivity contribution in [3.8, 4) is 0 Å². The molecule has 0 saturated heterocycles. The molecule has 5 heteroatoms. The Hall–Kier alpha value is -0.580. The molecule has 4 nitrogen and oxygen atoms in total. The van der Waals surface area contributed by atoms with Crippen molar-refractivity contribution >= 4 is 11.6 Å². The zero-order chi connectivity index (χ0) is 12.3. The van der Waals surface area contributed by atoms with Gasteiger partial charge in [-0.25, -0.2) is 0 Å². The molecule has 0 bridgehead atoms. The van der Waals surface area contributed by atoms with Crippen molar-refractivity contribution in [2.75, 3.05) is 0 Å². The normalized spacial score (nSPS) is 13.4. The number of rotatable bonds is 5. The zero-order valence-electron chi connectivity index (χ0n) is 10.4. The van der Waals surface area contributed by atoms with Crippen LogP contribution in [0.15, 0.2) is 0 Å². The molecule has 0 aromatic carbocycles. The van der Waals surface area contributed by atoms with Crippen LogP contribution in [-0.2, 0) is 13.0 Å². The third-order valence-electron chi connectivity index (χ3n) is 2.88. The molecule has 0 radical (unpaired) electrons. The van der Waals surface area contributed by atoms with Crippen molar-refractivity contribution in [1.29, 1.82) is 0 Å². The van der Waals surface area contributed by atoms with E-state index in [1.165, 1.54) is 0 Å². The molecule has 1 atom stereocenters. The highest BCUT2D eigenvalue weighted by molar-refractivity contribution is 6.31. The lowest BCUT2D eigenvalue weighted by Crippen LogP contribution is -2.41. The van der Waals surface area contributed by atoms with Crippen LogP contribution in [0.5, 0.6) is 0 Å². The maximum absolute atomic E-state index is 6.25. The van der Waals surface area contributed by atoms with Gasteiger partial charge in [-0.1, -0.05) is 25.4 Å². The maximum atomic E-state index is 6.25. The van der Waals surface area contributed by atoms with Gasteiger partial charge in [0, 0.05) is 19.0 Å². The number of nitrogens with zero attached hydrogens (tertiary/aromatic N) is 2. The molecule has 1 unspecified atom stereocenters. The summed E-state index contributed by atoms with van der Waals surface area (Å²) in [6.07, 6.45) is 0.807. The quantitative estimate of drug-likeness (QED) is 0.615. The number of hydrazine groups is 1. The van der Waals surface area contributed by atoms with Crippen LogP contribution in [0.1, 0.15) is 32.2 Å². The maximum Gasteiger partial charge on any atom is 0.0847 e.